The van der Waals surface area contributed by atoms with E-state index in [2.05, 4.69) is 27.8 Å². The zero-order valence-electron chi connectivity index (χ0n) is 14.4. The van der Waals surface area contributed by atoms with E-state index in [0.29, 0.717) is 11.1 Å². The van der Waals surface area contributed by atoms with Gasteiger partial charge in [0.1, 0.15) is 5.75 Å². The van der Waals surface area contributed by atoms with Crippen molar-refractivity contribution in [3.63, 3.8) is 0 Å². The second kappa shape index (κ2) is 7.86. The van der Waals surface area contributed by atoms with Gasteiger partial charge in [-0.1, -0.05) is 31.5 Å². The Labute approximate surface area is 151 Å². The normalized spacial score (nSPS) is 21.7. The van der Waals surface area contributed by atoms with Crippen LogP contribution in [0.4, 0.5) is 0 Å². The molecular formula is C17H23N5O2S. The Bertz CT molecular complexity index is 718. The van der Waals surface area contributed by atoms with E-state index >= 15 is 0 Å². The SMILES string of the molecule is C[C@@H](Sc1nnnn1-c1ccc(O)cc1)C(=O)N[C@@H]1CCCC[C@@H]1C. The maximum Gasteiger partial charge on any atom is 0.233 e. The van der Waals surface area contributed by atoms with E-state index < -0.39 is 0 Å². The minimum absolute atomic E-state index is 0.0176. The standard InChI is InChI=1S/C17H23N5O2S/c1-11-5-3-4-6-15(11)18-16(24)12(2)25-17-19-20-21-22(17)13-7-9-14(23)10-8-13/h7-12,15,23H,3-6H2,1-2H3,(H,18,24)/t11-,12+,15+/m0/s1. The zero-order valence-corrected chi connectivity index (χ0v) is 15.2. The molecule has 25 heavy (non-hydrogen) atoms. The van der Waals surface area contributed by atoms with Crippen molar-refractivity contribution >= 4 is 17.7 Å². The van der Waals surface area contributed by atoms with Crippen LogP contribution in [0.25, 0.3) is 5.69 Å². The van der Waals surface area contributed by atoms with E-state index in [-0.39, 0.29) is 22.9 Å². The maximum absolute atomic E-state index is 12.5. The van der Waals surface area contributed by atoms with E-state index in [1.807, 2.05) is 6.92 Å². The number of aromatic nitrogens is 4. The van der Waals surface area contributed by atoms with Gasteiger partial charge in [0.25, 0.3) is 0 Å². The highest BCUT2D eigenvalue weighted by Crippen LogP contribution is 2.26. The van der Waals surface area contributed by atoms with E-state index in [9.17, 15) is 9.90 Å². The largest absolute Gasteiger partial charge is 0.508 e. The van der Waals surface area contributed by atoms with Gasteiger partial charge in [0.2, 0.25) is 11.1 Å². The molecule has 1 fully saturated rings. The van der Waals surface area contributed by atoms with E-state index in [0.717, 1.165) is 12.1 Å². The number of amides is 1. The first kappa shape index (κ1) is 17.7. The molecule has 7 nitrogen and oxygen atoms in total. The Kier molecular flexibility index (Phi) is 5.57. The molecule has 3 rings (SSSR count). The first-order valence-electron chi connectivity index (χ1n) is 8.59. The van der Waals surface area contributed by atoms with Gasteiger partial charge in [-0.25, -0.2) is 0 Å². The number of benzene rings is 1. The first-order valence-corrected chi connectivity index (χ1v) is 9.47. The Morgan fingerprint density at radius 1 is 1.32 bits per heavy atom. The molecule has 134 valence electrons. The molecule has 0 unspecified atom stereocenters. The van der Waals surface area contributed by atoms with Gasteiger partial charge in [0.05, 0.1) is 10.9 Å². The number of carbonyl (C=O) groups excluding carboxylic acids is 1. The van der Waals surface area contributed by atoms with Crippen LogP contribution in [0.3, 0.4) is 0 Å². The smallest absolute Gasteiger partial charge is 0.233 e. The molecule has 3 atom stereocenters. The number of hydrogen-bond acceptors (Lipinski definition) is 6. The van der Waals surface area contributed by atoms with Gasteiger partial charge < -0.3 is 10.4 Å². The molecule has 1 heterocycles. The predicted octanol–water partition coefficient (Wildman–Crippen LogP) is 2.54. The van der Waals surface area contributed by atoms with Crippen LogP contribution in [0.5, 0.6) is 5.75 Å². The number of thioether (sulfide) groups is 1. The number of rotatable bonds is 5. The summed E-state index contributed by atoms with van der Waals surface area (Å²) in [5, 5.41) is 24.5. The maximum atomic E-state index is 12.5. The van der Waals surface area contributed by atoms with Crippen molar-refractivity contribution < 1.29 is 9.90 Å². The van der Waals surface area contributed by atoms with E-state index in [1.165, 1.54) is 31.0 Å². The summed E-state index contributed by atoms with van der Waals surface area (Å²) in [5.74, 6) is 0.724. The van der Waals surface area contributed by atoms with Gasteiger partial charge in [-0.2, -0.15) is 4.68 Å². The van der Waals surface area contributed by atoms with Crippen molar-refractivity contribution in [2.24, 2.45) is 5.92 Å². The first-order chi connectivity index (χ1) is 12.0. The predicted molar refractivity (Wildman–Crippen MR) is 95.7 cm³/mol. The summed E-state index contributed by atoms with van der Waals surface area (Å²) in [6, 6.07) is 6.87. The van der Waals surface area contributed by atoms with Crippen molar-refractivity contribution in [1.82, 2.24) is 25.5 Å². The quantitative estimate of drug-likeness (QED) is 0.795. The summed E-state index contributed by atoms with van der Waals surface area (Å²) in [6.07, 6.45) is 4.65. The number of phenols is 1. The average Bonchev–Trinajstić information content (AvgIpc) is 3.05. The lowest BCUT2D eigenvalue weighted by molar-refractivity contribution is -0.121. The number of tetrazole rings is 1. The number of aromatic hydroxyl groups is 1. The van der Waals surface area contributed by atoms with Crippen LogP contribution < -0.4 is 5.32 Å². The highest BCUT2D eigenvalue weighted by Gasteiger charge is 2.26. The molecule has 0 spiro atoms. The topological polar surface area (TPSA) is 92.9 Å². The van der Waals surface area contributed by atoms with Crippen LogP contribution in [0.15, 0.2) is 29.4 Å². The lowest BCUT2D eigenvalue weighted by atomic mass is 9.86. The molecule has 1 aliphatic carbocycles. The van der Waals surface area contributed by atoms with Gasteiger partial charge in [-0.05, 0) is 60.4 Å². The number of hydrogen-bond donors (Lipinski definition) is 2. The molecule has 0 saturated heterocycles. The fourth-order valence-electron chi connectivity index (χ4n) is 3.05. The molecule has 1 aromatic heterocycles. The fourth-order valence-corrected chi connectivity index (χ4v) is 3.87. The van der Waals surface area contributed by atoms with Crippen molar-refractivity contribution in [1.29, 1.82) is 0 Å². The van der Waals surface area contributed by atoms with Crippen LogP contribution in [-0.2, 0) is 4.79 Å². The van der Waals surface area contributed by atoms with Crippen LogP contribution in [0.1, 0.15) is 39.5 Å². The molecule has 8 heteroatoms. The molecular weight excluding hydrogens is 338 g/mol. The highest BCUT2D eigenvalue weighted by molar-refractivity contribution is 8.00. The number of nitrogens with zero attached hydrogens (tertiary/aromatic N) is 4. The third-order valence-corrected chi connectivity index (χ3v) is 5.66. The van der Waals surface area contributed by atoms with Gasteiger partial charge in [-0.3, -0.25) is 4.79 Å². The van der Waals surface area contributed by atoms with Gasteiger partial charge >= 0.3 is 0 Å². The van der Waals surface area contributed by atoms with E-state index in [4.69, 9.17) is 0 Å². The molecule has 1 saturated carbocycles. The number of phenolic OH excluding ortho intramolecular Hbond substituents is 1. The zero-order chi connectivity index (χ0) is 17.8. The second-order valence-corrected chi connectivity index (χ2v) is 7.83. The van der Waals surface area contributed by atoms with Crippen molar-refractivity contribution in [2.45, 2.75) is 56.0 Å². The van der Waals surface area contributed by atoms with Crippen LogP contribution in [-0.4, -0.2) is 42.5 Å². The fraction of sp³-hybridized carbons (Fsp3) is 0.529. The molecule has 0 radical (unpaired) electrons. The molecule has 0 aliphatic heterocycles. The molecule has 2 N–H and O–H groups in total. The third-order valence-electron chi connectivity index (χ3n) is 4.63. The molecule has 1 aliphatic rings. The van der Waals surface area contributed by atoms with Crippen LogP contribution >= 0.6 is 11.8 Å². The minimum atomic E-state index is -0.295. The summed E-state index contributed by atoms with van der Waals surface area (Å²) in [7, 11) is 0. The summed E-state index contributed by atoms with van der Waals surface area (Å²) in [4.78, 5) is 12.5. The number of carbonyl (C=O) groups is 1. The van der Waals surface area contributed by atoms with Crippen molar-refractivity contribution in [2.75, 3.05) is 0 Å². The summed E-state index contributed by atoms with van der Waals surface area (Å²) in [6.45, 7) is 4.07. The van der Waals surface area contributed by atoms with Gasteiger partial charge in [-0.15, -0.1) is 5.10 Å². The molecule has 1 amide bonds. The molecule has 0 bridgehead atoms. The van der Waals surface area contributed by atoms with E-state index in [1.54, 1.807) is 28.9 Å². The lowest BCUT2D eigenvalue weighted by Crippen LogP contribution is -2.44. The van der Waals surface area contributed by atoms with Gasteiger partial charge in [0.15, 0.2) is 0 Å². The summed E-state index contributed by atoms with van der Waals surface area (Å²) in [5.41, 5.74) is 0.735. The summed E-state index contributed by atoms with van der Waals surface area (Å²) >= 11 is 1.33. The highest BCUT2D eigenvalue weighted by atomic mass is 32.2. The monoisotopic (exact) mass is 361 g/mol. The van der Waals surface area contributed by atoms with Crippen LogP contribution in [0, 0.1) is 5.92 Å². The second-order valence-electron chi connectivity index (χ2n) is 6.53. The average molecular weight is 361 g/mol. The Morgan fingerprint density at radius 2 is 2.04 bits per heavy atom. The lowest BCUT2D eigenvalue weighted by Gasteiger charge is -2.30. The Morgan fingerprint density at radius 3 is 2.76 bits per heavy atom. The minimum Gasteiger partial charge on any atom is -0.508 e. The van der Waals surface area contributed by atoms with Crippen molar-refractivity contribution in [3.8, 4) is 11.4 Å². The summed E-state index contributed by atoms with van der Waals surface area (Å²) < 4.78 is 1.57. The molecule has 1 aromatic carbocycles. The van der Waals surface area contributed by atoms with Crippen molar-refractivity contribution in [3.05, 3.63) is 24.3 Å². The van der Waals surface area contributed by atoms with Gasteiger partial charge in [0, 0.05) is 6.04 Å². The Balaban J connectivity index is 1.65. The molecule has 2 aromatic rings. The van der Waals surface area contributed by atoms with Crippen LogP contribution in [0.2, 0.25) is 0 Å². The number of nitrogens with one attached hydrogen (secondary N) is 1. The Hall–Kier alpha value is -2.09. The third kappa shape index (κ3) is 4.31.